The van der Waals surface area contributed by atoms with Gasteiger partial charge in [0, 0.05) is 41.9 Å². The minimum absolute atomic E-state index is 0.754. The van der Waals surface area contributed by atoms with E-state index in [1.165, 1.54) is 17.2 Å². The second-order valence-corrected chi connectivity index (χ2v) is 4.78. The van der Waals surface area contributed by atoms with Gasteiger partial charge in [-0.2, -0.15) is 11.8 Å². The highest BCUT2D eigenvalue weighted by molar-refractivity contribution is 8.00. The van der Waals surface area contributed by atoms with Crippen molar-refractivity contribution in [3.8, 4) is 0 Å². The Kier molecular flexibility index (Phi) is 3.43. The highest BCUT2D eigenvalue weighted by Gasteiger charge is 2.16. The number of nitrogens with one attached hydrogen (secondary N) is 1. The van der Waals surface area contributed by atoms with Crippen LogP contribution >= 0.6 is 11.8 Å². The monoisotopic (exact) mass is 208 g/mol. The van der Waals surface area contributed by atoms with Crippen molar-refractivity contribution in [3.05, 3.63) is 29.6 Å². The highest BCUT2D eigenvalue weighted by Crippen LogP contribution is 2.16. The minimum Gasteiger partial charge on any atom is -0.312 e. The van der Waals surface area contributed by atoms with Crippen LogP contribution in [-0.2, 0) is 6.42 Å². The molecule has 1 aliphatic heterocycles. The summed E-state index contributed by atoms with van der Waals surface area (Å²) in [4.78, 5) is 4.47. The van der Waals surface area contributed by atoms with Crippen LogP contribution in [0.4, 0.5) is 0 Å². The second-order valence-electron chi connectivity index (χ2n) is 3.71. The van der Waals surface area contributed by atoms with E-state index in [-0.39, 0.29) is 0 Å². The predicted octanol–water partition coefficient (Wildman–Crippen LogP) is 1.64. The molecule has 0 radical (unpaired) electrons. The molecule has 1 N–H and O–H groups in total. The lowest BCUT2D eigenvalue weighted by molar-refractivity contribution is 0.581. The SMILES string of the molecule is Cc1cccc(CCNC2CSC2)n1. The van der Waals surface area contributed by atoms with Crippen LogP contribution in [0.15, 0.2) is 18.2 Å². The lowest BCUT2D eigenvalue weighted by Gasteiger charge is -2.25. The summed E-state index contributed by atoms with van der Waals surface area (Å²) in [6, 6.07) is 6.98. The topological polar surface area (TPSA) is 24.9 Å². The second kappa shape index (κ2) is 4.80. The van der Waals surface area contributed by atoms with Crippen molar-refractivity contribution < 1.29 is 0 Å². The van der Waals surface area contributed by atoms with Crippen molar-refractivity contribution in [3.63, 3.8) is 0 Å². The fourth-order valence-corrected chi connectivity index (χ4v) is 2.20. The molecule has 0 unspecified atom stereocenters. The normalized spacial score (nSPS) is 16.6. The van der Waals surface area contributed by atoms with Gasteiger partial charge in [0.15, 0.2) is 0 Å². The molecule has 0 bridgehead atoms. The Balaban J connectivity index is 1.74. The summed E-state index contributed by atoms with van der Waals surface area (Å²) in [5.41, 5.74) is 2.31. The summed E-state index contributed by atoms with van der Waals surface area (Å²) in [6.45, 7) is 3.10. The maximum atomic E-state index is 4.47. The Labute approximate surface area is 89.5 Å². The van der Waals surface area contributed by atoms with E-state index in [2.05, 4.69) is 22.4 Å². The number of nitrogens with zero attached hydrogens (tertiary/aromatic N) is 1. The summed E-state index contributed by atoms with van der Waals surface area (Å²) < 4.78 is 0. The molecule has 2 rings (SSSR count). The lowest BCUT2D eigenvalue weighted by Crippen LogP contribution is -2.41. The van der Waals surface area contributed by atoms with Gasteiger partial charge in [0.1, 0.15) is 0 Å². The van der Waals surface area contributed by atoms with Gasteiger partial charge in [0.05, 0.1) is 0 Å². The van der Waals surface area contributed by atoms with Crippen molar-refractivity contribution in [2.75, 3.05) is 18.1 Å². The van der Waals surface area contributed by atoms with Crippen LogP contribution in [0.3, 0.4) is 0 Å². The molecule has 0 atom stereocenters. The Hall–Kier alpha value is -0.540. The molecule has 14 heavy (non-hydrogen) atoms. The average molecular weight is 208 g/mol. The quantitative estimate of drug-likeness (QED) is 0.814. The standard InChI is InChI=1S/C11H16N2S/c1-9-3-2-4-10(13-9)5-6-12-11-7-14-8-11/h2-4,11-12H,5-8H2,1H3. The molecule has 1 aromatic rings. The van der Waals surface area contributed by atoms with E-state index in [4.69, 9.17) is 0 Å². The molecule has 0 spiro atoms. The van der Waals surface area contributed by atoms with Gasteiger partial charge >= 0.3 is 0 Å². The molecule has 2 heterocycles. The van der Waals surface area contributed by atoms with E-state index in [1.807, 2.05) is 24.8 Å². The molecule has 2 nitrogen and oxygen atoms in total. The van der Waals surface area contributed by atoms with Crippen molar-refractivity contribution in [2.45, 2.75) is 19.4 Å². The predicted molar refractivity (Wildman–Crippen MR) is 61.8 cm³/mol. The van der Waals surface area contributed by atoms with Crippen molar-refractivity contribution in [1.82, 2.24) is 10.3 Å². The zero-order valence-corrected chi connectivity index (χ0v) is 9.31. The van der Waals surface area contributed by atoms with Gasteiger partial charge in [0.25, 0.3) is 0 Å². The number of thioether (sulfide) groups is 1. The Morgan fingerprint density at radius 1 is 1.50 bits per heavy atom. The van der Waals surface area contributed by atoms with Gasteiger partial charge in [-0.1, -0.05) is 6.07 Å². The van der Waals surface area contributed by atoms with E-state index in [0.717, 1.165) is 24.7 Å². The molecule has 1 saturated heterocycles. The van der Waals surface area contributed by atoms with E-state index >= 15 is 0 Å². The van der Waals surface area contributed by atoms with Crippen LogP contribution in [0.5, 0.6) is 0 Å². The summed E-state index contributed by atoms with van der Waals surface area (Å²) >= 11 is 2.02. The molecule has 3 heteroatoms. The first-order chi connectivity index (χ1) is 6.84. The van der Waals surface area contributed by atoms with Crippen LogP contribution < -0.4 is 5.32 Å². The molecule has 1 aliphatic rings. The van der Waals surface area contributed by atoms with Crippen molar-refractivity contribution in [2.24, 2.45) is 0 Å². The maximum absolute atomic E-state index is 4.47. The number of aryl methyl sites for hydroxylation is 1. The number of rotatable bonds is 4. The lowest BCUT2D eigenvalue weighted by atomic mass is 10.2. The Bertz CT molecular complexity index is 297. The third kappa shape index (κ3) is 2.72. The van der Waals surface area contributed by atoms with E-state index < -0.39 is 0 Å². The first-order valence-corrected chi connectivity index (χ1v) is 6.24. The Morgan fingerprint density at radius 2 is 2.36 bits per heavy atom. The molecule has 1 fully saturated rings. The van der Waals surface area contributed by atoms with Crippen LogP contribution in [0.1, 0.15) is 11.4 Å². The van der Waals surface area contributed by atoms with Gasteiger partial charge in [-0.25, -0.2) is 0 Å². The van der Waals surface area contributed by atoms with Gasteiger partial charge in [-0.05, 0) is 19.1 Å². The van der Waals surface area contributed by atoms with Crippen LogP contribution in [0, 0.1) is 6.92 Å². The number of aromatic nitrogens is 1. The summed E-state index contributed by atoms with van der Waals surface area (Å²) in [5, 5.41) is 3.53. The van der Waals surface area contributed by atoms with E-state index in [1.54, 1.807) is 0 Å². The van der Waals surface area contributed by atoms with Gasteiger partial charge < -0.3 is 5.32 Å². The summed E-state index contributed by atoms with van der Waals surface area (Å²) in [7, 11) is 0. The summed E-state index contributed by atoms with van der Waals surface area (Å²) in [5.74, 6) is 2.56. The first kappa shape index (κ1) is 9.99. The van der Waals surface area contributed by atoms with Crippen LogP contribution in [0.25, 0.3) is 0 Å². The summed E-state index contributed by atoms with van der Waals surface area (Å²) in [6.07, 6.45) is 1.04. The highest BCUT2D eigenvalue weighted by atomic mass is 32.2. The zero-order chi connectivity index (χ0) is 9.80. The average Bonchev–Trinajstić information content (AvgIpc) is 2.09. The molecular formula is C11H16N2S. The molecule has 1 aromatic heterocycles. The van der Waals surface area contributed by atoms with Gasteiger partial charge in [0.2, 0.25) is 0 Å². The Morgan fingerprint density at radius 3 is 3.00 bits per heavy atom. The van der Waals surface area contributed by atoms with Gasteiger partial charge in [-0.3, -0.25) is 4.98 Å². The van der Waals surface area contributed by atoms with E-state index in [0.29, 0.717) is 0 Å². The van der Waals surface area contributed by atoms with Crippen molar-refractivity contribution >= 4 is 11.8 Å². The maximum Gasteiger partial charge on any atom is 0.0419 e. The molecule has 0 saturated carbocycles. The number of pyridine rings is 1. The van der Waals surface area contributed by atoms with Crippen molar-refractivity contribution in [1.29, 1.82) is 0 Å². The largest absolute Gasteiger partial charge is 0.312 e. The molecule has 0 aliphatic carbocycles. The van der Waals surface area contributed by atoms with E-state index in [9.17, 15) is 0 Å². The smallest absolute Gasteiger partial charge is 0.0419 e. The fraction of sp³-hybridized carbons (Fsp3) is 0.545. The van der Waals surface area contributed by atoms with Crippen LogP contribution in [-0.4, -0.2) is 29.1 Å². The third-order valence-electron chi connectivity index (χ3n) is 2.40. The molecule has 0 amide bonds. The van der Waals surface area contributed by atoms with Crippen LogP contribution in [0.2, 0.25) is 0 Å². The number of hydrogen-bond donors (Lipinski definition) is 1. The number of hydrogen-bond acceptors (Lipinski definition) is 3. The minimum atomic E-state index is 0.754. The van der Waals surface area contributed by atoms with Gasteiger partial charge in [-0.15, -0.1) is 0 Å². The molecule has 76 valence electrons. The third-order valence-corrected chi connectivity index (χ3v) is 3.67. The molecule has 0 aromatic carbocycles. The zero-order valence-electron chi connectivity index (χ0n) is 8.49. The first-order valence-electron chi connectivity index (χ1n) is 5.08. The fourth-order valence-electron chi connectivity index (χ4n) is 1.50. The molecular weight excluding hydrogens is 192 g/mol.